The molecule has 1 heterocycles. The number of halogens is 1. The fourth-order valence-electron chi connectivity index (χ4n) is 3.23. The molecule has 1 fully saturated rings. The lowest BCUT2D eigenvalue weighted by Gasteiger charge is -2.25. The van der Waals surface area contributed by atoms with Crippen LogP contribution in [0.1, 0.15) is 23.6 Å². The Morgan fingerprint density at radius 1 is 1.11 bits per heavy atom. The van der Waals surface area contributed by atoms with E-state index in [4.69, 9.17) is 4.74 Å². The van der Waals surface area contributed by atoms with Gasteiger partial charge in [0.1, 0.15) is 11.6 Å². The SMILES string of the molecule is COCCCN1C(=O)C(=O)C(=C(O)c2ccccc2)[C@@H]1c1ccc(F)cc1. The van der Waals surface area contributed by atoms with E-state index in [2.05, 4.69) is 0 Å². The molecule has 2 aromatic carbocycles. The average molecular weight is 369 g/mol. The highest BCUT2D eigenvalue weighted by atomic mass is 19.1. The summed E-state index contributed by atoms with van der Waals surface area (Å²) in [6.45, 7) is 0.712. The maximum absolute atomic E-state index is 13.4. The molecule has 1 N–H and O–H groups in total. The highest BCUT2D eigenvalue weighted by molar-refractivity contribution is 6.46. The molecule has 0 aliphatic carbocycles. The molecule has 3 rings (SSSR count). The number of ether oxygens (including phenoxy) is 1. The number of aliphatic hydroxyl groups excluding tert-OH is 1. The van der Waals surface area contributed by atoms with Crippen LogP contribution >= 0.6 is 0 Å². The Balaban J connectivity index is 2.10. The molecule has 140 valence electrons. The molecule has 1 atom stereocenters. The molecule has 1 saturated heterocycles. The normalized spacial score (nSPS) is 18.9. The summed E-state index contributed by atoms with van der Waals surface area (Å²) >= 11 is 0. The van der Waals surface area contributed by atoms with E-state index in [0.29, 0.717) is 24.2 Å². The molecule has 5 nitrogen and oxygen atoms in total. The zero-order valence-electron chi connectivity index (χ0n) is 14.9. The summed E-state index contributed by atoms with van der Waals surface area (Å²) in [7, 11) is 1.56. The molecular weight excluding hydrogens is 349 g/mol. The number of hydrogen-bond acceptors (Lipinski definition) is 4. The van der Waals surface area contributed by atoms with Crippen molar-refractivity contribution in [3.05, 3.63) is 77.1 Å². The quantitative estimate of drug-likeness (QED) is 0.367. The van der Waals surface area contributed by atoms with Crippen LogP contribution in [0.3, 0.4) is 0 Å². The largest absolute Gasteiger partial charge is 0.507 e. The van der Waals surface area contributed by atoms with Crippen molar-refractivity contribution >= 4 is 17.4 Å². The Labute approximate surface area is 156 Å². The van der Waals surface area contributed by atoms with Gasteiger partial charge < -0.3 is 14.7 Å². The van der Waals surface area contributed by atoms with Crippen molar-refractivity contribution < 1.29 is 23.8 Å². The summed E-state index contributed by atoms with van der Waals surface area (Å²) in [5.41, 5.74) is 1.01. The number of carbonyl (C=O) groups is 2. The lowest BCUT2D eigenvalue weighted by Crippen LogP contribution is -2.31. The van der Waals surface area contributed by atoms with Crippen LogP contribution in [-0.4, -0.2) is 42.0 Å². The predicted octanol–water partition coefficient (Wildman–Crippen LogP) is 3.28. The number of nitrogens with zero attached hydrogens (tertiary/aromatic N) is 1. The van der Waals surface area contributed by atoms with Crippen LogP contribution < -0.4 is 0 Å². The molecule has 27 heavy (non-hydrogen) atoms. The first kappa shape index (κ1) is 18.8. The number of rotatable bonds is 6. The Bertz CT molecular complexity index is 862. The van der Waals surface area contributed by atoms with Gasteiger partial charge in [0.05, 0.1) is 11.6 Å². The molecule has 0 aromatic heterocycles. The van der Waals surface area contributed by atoms with E-state index in [9.17, 15) is 19.1 Å². The van der Waals surface area contributed by atoms with E-state index in [-0.39, 0.29) is 17.9 Å². The average Bonchev–Trinajstić information content (AvgIpc) is 2.94. The minimum atomic E-state index is -0.775. The Kier molecular flexibility index (Phi) is 5.66. The number of benzene rings is 2. The Hall–Kier alpha value is -2.99. The third-order valence-electron chi connectivity index (χ3n) is 4.52. The van der Waals surface area contributed by atoms with Gasteiger partial charge in [-0.05, 0) is 24.1 Å². The smallest absolute Gasteiger partial charge is 0.295 e. The van der Waals surface area contributed by atoms with Gasteiger partial charge in [-0.2, -0.15) is 0 Å². The molecule has 0 radical (unpaired) electrons. The van der Waals surface area contributed by atoms with Crippen molar-refractivity contribution in [1.29, 1.82) is 0 Å². The summed E-state index contributed by atoms with van der Waals surface area (Å²) < 4.78 is 18.4. The molecule has 2 aromatic rings. The number of likely N-dealkylation sites (tertiary alicyclic amines) is 1. The Morgan fingerprint density at radius 2 is 1.78 bits per heavy atom. The van der Waals surface area contributed by atoms with Gasteiger partial charge in [-0.1, -0.05) is 42.5 Å². The number of hydrogen-bond donors (Lipinski definition) is 1. The standard InChI is InChI=1S/C21H20FNO4/c1-27-13-5-12-23-18(14-8-10-16(22)11-9-14)17(20(25)21(23)26)19(24)15-6-3-2-4-7-15/h2-4,6-11,18,24H,5,12-13H2,1H3/t18-/m0/s1. The number of ketones is 1. The zero-order chi connectivity index (χ0) is 19.4. The lowest BCUT2D eigenvalue weighted by molar-refractivity contribution is -0.140. The second kappa shape index (κ2) is 8.14. The molecule has 0 bridgehead atoms. The number of methoxy groups -OCH3 is 1. The van der Waals surface area contributed by atoms with Gasteiger partial charge in [0, 0.05) is 25.8 Å². The van der Waals surface area contributed by atoms with Crippen LogP contribution in [0.4, 0.5) is 4.39 Å². The van der Waals surface area contributed by atoms with E-state index in [0.717, 1.165) is 0 Å². The predicted molar refractivity (Wildman–Crippen MR) is 98.3 cm³/mol. The summed E-state index contributed by atoms with van der Waals surface area (Å²) in [4.78, 5) is 26.7. The fourth-order valence-corrected chi connectivity index (χ4v) is 3.23. The van der Waals surface area contributed by atoms with Crippen molar-refractivity contribution in [2.75, 3.05) is 20.3 Å². The number of aliphatic hydroxyl groups is 1. The second-order valence-corrected chi connectivity index (χ2v) is 6.26. The molecule has 0 spiro atoms. The van der Waals surface area contributed by atoms with Crippen LogP contribution in [0.5, 0.6) is 0 Å². The highest BCUT2D eigenvalue weighted by Gasteiger charge is 2.45. The number of carbonyl (C=O) groups excluding carboxylic acids is 2. The topological polar surface area (TPSA) is 66.8 Å². The third kappa shape index (κ3) is 3.75. The summed E-state index contributed by atoms with van der Waals surface area (Å²) in [6, 6.07) is 13.4. The fraction of sp³-hybridized carbons (Fsp3) is 0.238. The Morgan fingerprint density at radius 3 is 2.41 bits per heavy atom. The first-order chi connectivity index (χ1) is 13.0. The summed E-state index contributed by atoms with van der Waals surface area (Å²) in [5, 5.41) is 10.8. The van der Waals surface area contributed by atoms with E-state index < -0.39 is 23.5 Å². The molecule has 0 saturated carbocycles. The lowest BCUT2D eigenvalue weighted by atomic mass is 9.95. The maximum Gasteiger partial charge on any atom is 0.295 e. The van der Waals surface area contributed by atoms with Crippen LogP contribution in [0.25, 0.3) is 5.76 Å². The van der Waals surface area contributed by atoms with Crippen LogP contribution in [-0.2, 0) is 14.3 Å². The van der Waals surface area contributed by atoms with Gasteiger partial charge >= 0.3 is 0 Å². The van der Waals surface area contributed by atoms with E-state index >= 15 is 0 Å². The molecule has 1 aliphatic rings. The monoisotopic (exact) mass is 369 g/mol. The summed E-state index contributed by atoms with van der Waals surface area (Å²) in [6.07, 6.45) is 0.534. The van der Waals surface area contributed by atoms with Gasteiger partial charge in [-0.3, -0.25) is 9.59 Å². The number of amides is 1. The van der Waals surface area contributed by atoms with Crippen molar-refractivity contribution in [1.82, 2.24) is 4.90 Å². The van der Waals surface area contributed by atoms with E-state index in [1.165, 1.54) is 29.2 Å². The molecular formula is C21H20FNO4. The van der Waals surface area contributed by atoms with Gasteiger partial charge in [-0.25, -0.2) is 4.39 Å². The van der Waals surface area contributed by atoms with Crippen molar-refractivity contribution in [3.8, 4) is 0 Å². The molecule has 0 unspecified atom stereocenters. The maximum atomic E-state index is 13.4. The van der Waals surface area contributed by atoms with E-state index in [1.807, 2.05) is 0 Å². The van der Waals surface area contributed by atoms with Crippen molar-refractivity contribution in [3.63, 3.8) is 0 Å². The number of Topliss-reactive ketones (excluding diaryl/α,β-unsaturated/α-hetero) is 1. The highest BCUT2D eigenvalue weighted by Crippen LogP contribution is 2.39. The van der Waals surface area contributed by atoms with Crippen LogP contribution in [0.2, 0.25) is 0 Å². The molecule has 6 heteroatoms. The van der Waals surface area contributed by atoms with Crippen molar-refractivity contribution in [2.45, 2.75) is 12.5 Å². The molecule has 1 aliphatic heterocycles. The van der Waals surface area contributed by atoms with Crippen LogP contribution in [0, 0.1) is 5.82 Å². The summed E-state index contributed by atoms with van der Waals surface area (Å²) in [5.74, 6) is -2.09. The molecule has 1 amide bonds. The first-order valence-electron chi connectivity index (χ1n) is 8.63. The van der Waals surface area contributed by atoms with Gasteiger partial charge in [-0.15, -0.1) is 0 Å². The van der Waals surface area contributed by atoms with E-state index in [1.54, 1.807) is 37.4 Å². The van der Waals surface area contributed by atoms with Gasteiger partial charge in [0.2, 0.25) is 0 Å². The van der Waals surface area contributed by atoms with Crippen molar-refractivity contribution in [2.24, 2.45) is 0 Å². The zero-order valence-corrected chi connectivity index (χ0v) is 14.9. The first-order valence-corrected chi connectivity index (χ1v) is 8.63. The van der Waals surface area contributed by atoms with Gasteiger partial charge in [0.25, 0.3) is 11.7 Å². The van der Waals surface area contributed by atoms with Crippen LogP contribution in [0.15, 0.2) is 60.2 Å². The van der Waals surface area contributed by atoms with Gasteiger partial charge in [0.15, 0.2) is 0 Å². The minimum Gasteiger partial charge on any atom is -0.507 e. The third-order valence-corrected chi connectivity index (χ3v) is 4.52. The second-order valence-electron chi connectivity index (χ2n) is 6.26. The minimum absolute atomic E-state index is 0.00947.